The minimum Gasteiger partial charge on any atom is -0.340 e. The molecule has 11 aromatic rings. The van der Waals surface area contributed by atoms with Gasteiger partial charge in [-0.05, 0) is 86.6 Å². The van der Waals surface area contributed by atoms with E-state index in [1.807, 2.05) is 12.1 Å². The van der Waals surface area contributed by atoms with E-state index in [-0.39, 0.29) is 6.04 Å². The van der Waals surface area contributed by atoms with Gasteiger partial charge in [-0.25, -0.2) is 4.98 Å². The van der Waals surface area contributed by atoms with Gasteiger partial charge in [-0.15, -0.1) is 0 Å². The molecule has 4 heteroatoms. The molecule has 1 atom stereocenters. The Bertz CT molecular complexity index is 3500. The number of nitrogens with zero attached hydrogens (tertiary/aromatic N) is 3. The molecule has 1 unspecified atom stereocenters. The van der Waals surface area contributed by atoms with E-state index < -0.39 is 0 Å². The summed E-state index contributed by atoms with van der Waals surface area (Å²) in [4.78, 5) is 10.5. The fourth-order valence-corrected chi connectivity index (χ4v) is 9.42. The fourth-order valence-electron chi connectivity index (χ4n) is 9.42. The first kappa shape index (κ1) is 36.5. The first-order valence-corrected chi connectivity index (χ1v) is 21.5. The molecule has 0 radical (unpaired) electrons. The molecule has 0 bridgehead atoms. The zero-order valence-electron chi connectivity index (χ0n) is 34.4. The second kappa shape index (κ2) is 15.3. The molecule has 0 saturated heterocycles. The summed E-state index contributed by atoms with van der Waals surface area (Å²) < 4.78 is 2.36. The van der Waals surface area contributed by atoms with E-state index in [9.17, 15) is 0 Å². The summed E-state index contributed by atoms with van der Waals surface area (Å²) in [7, 11) is 0. The molecule has 2 aromatic heterocycles. The molecule has 9 aromatic carbocycles. The third-order valence-electron chi connectivity index (χ3n) is 12.5. The molecule has 0 aliphatic carbocycles. The van der Waals surface area contributed by atoms with Crippen molar-refractivity contribution in [3.05, 3.63) is 247 Å². The summed E-state index contributed by atoms with van der Waals surface area (Å²) >= 11 is 0. The molecule has 1 N–H and O–H groups in total. The third kappa shape index (κ3) is 6.48. The van der Waals surface area contributed by atoms with Crippen LogP contribution >= 0.6 is 0 Å². The van der Waals surface area contributed by atoms with Gasteiger partial charge < -0.3 is 9.88 Å². The topological polar surface area (TPSA) is 42.2 Å². The Morgan fingerprint density at radius 2 is 0.984 bits per heavy atom. The average molecular weight is 805 g/mol. The monoisotopic (exact) mass is 804 g/mol. The van der Waals surface area contributed by atoms with Crippen LogP contribution in [0.3, 0.4) is 0 Å². The summed E-state index contributed by atoms with van der Waals surface area (Å²) in [6.45, 7) is 0. The van der Waals surface area contributed by atoms with Gasteiger partial charge in [0.05, 0.1) is 28.3 Å². The SMILES string of the molecule is C1=C(c2ccc(-n3c4ccccc4c4ccccc43)cc2)NC(c2ccccc2)=NC1c1ccc(-c2cccc3c2ccc2nc(-c4ccccc4)cc(-c4ccccc4)c23)cc1. The number of benzene rings is 9. The number of fused-ring (bicyclic) bond motifs is 6. The lowest BCUT2D eigenvalue weighted by Crippen LogP contribution is -2.27. The Kier molecular flexibility index (Phi) is 8.86. The normalized spacial score (nSPS) is 13.9. The van der Waals surface area contributed by atoms with Crippen LogP contribution in [0.15, 0.2) is 236 Å². The predicted molar refractivity (Wildman–Crippen MR) is 263 cm³/mol. The van der Waals surface area contributed by atoms with Gasteiger partial charge in [0, 0.05) is 38.7 Å². The van der Waals surface area contributed by atoms with Crippen LogP contribution in [0.5, 0.6) is 0 Å². The van der Waals surface area contributed by atoms with Crippen LogP contribution < -0.4 is 5.32 Å². The van der Waals surface area contributed by atoms with Crippen molar-refractivity contribution in [1.82, 2.24) is 14.9 Å². The van der Waals surface area contributed by atoms with Crippen LogP contribution in [0.25, 0.3) is 88.4 Å². The van der Waals surface area contributed by atoms with Crippen LogP contribution in [0.1, 0.15) is 22.7 Å². The molecular weight excluding hydrogens is 765 g/mol. The lowest BCUT2D eigenvalue weighted by molar-refractivity contribution is 0.880. The largest absolute Gasteiger partial charge is 0.340 e. The Hall–Kier alpha value is -8.34. The van der Waals surface area contributed by atoms with E-state index in [2.05, 4.69) is 228 Å². The highest BCUT2D eigenvalue weighted by atomic mass is 15.0. The van der Waals surface area contributed by atoms with E-state index in [1.54, 1.807) is 0 Å². The Morgan fingerprint density at radius 1 is 0.413 bits per heavy atom. The molecule has 12 rings (SSSR count). The summed E-state index contributed by atoms with van der Waals surface area (Å²) in [5.74, 6) is 0.854. The number of hydrogen-bond acceptors (Lipinski definition) is 3. The summed E-state index contributed by atoms with van der Waals surface area (Å²) in [5.41, 5.74) is 15.6. The van der Waals surface area contributed by atoms with Gasteiger partial charge in [0.2, 0.25) is 0 Å². The number of aromatic nitrogens is 2. The van der Waals surface area contributed by atoms with Crippen molar-refractivity contribution in [3.8, 4) is 39.2 Å². The number of para-hydroxylation sites is 2. The van der Waals surface area contributed by atoms with E-state index in [0.29, 0.717) is 0 Å². The quantitative estimate of drug-likeness (QED) is 0.163. The van der Waals surface area contributed by atoms with Gasteiger partial charge in [-0.2, -0.15) is 0 Å². The molecule has 3 heterocycles. The lowest BCUT2D eigenvalue weighted by atomic mass is 9.91. The van der Waals surface area contributed by atoms with Crippen molar-refractivity contribution >= 4 is 55.0 Å². The number of hydrogen-bond donors (Lipinski definition) is 1. The summed E-state index contributed by atoms with van der Waals surface area (Å²) in [6.07, 6.45) is 2.25. The van der Waals surface area contributed by atoms with Crippen molar-refractivity contribution in [2.45, 2.75) is 6.04 Å². The number of nitrogens with one attached hydrogen (secondary N) is 1. The molecule has 1 aliphatic heterocycles. The number of aliphatic imine (C=N–C) groups is 1. The highest BCUT2D eigenvalue weighted by Crippen LogP contribution is 2.40. The number of rotatable bonds is 7. The van der Waals surface area contributed by atoms with E-state index in [4.69, 9.17) is 9.98 Å². The highest BCUT2D eigenvalue weighted by Gasteiger charge is 2.21. The zero-order chi connectivity index (χ0) is 41.7. The number of pyridine rings is 1. The molecule has 296 valence electrons. The van der Waals surface area contributed by atoms with Gasteiger partial charge in [0.1, 0.15) is 5.84 Å². The highest BCUT2D eigenvalue weighted by molar-refractivity contribution is 6.17. The standard InChI is InChI=1S/C59H40N4/c1-4-15-39(16-5-1)51-37-53(41-17-6-2-7-18-41)60-52-36-35-47-46(23-14-24-50(47)58(51)52)40-27-29-42(30-28-40)54-38-55(62-59(61-54)44-19-8-3-9-20-44)43-31-33-45(34-32-43)63-56-25-12-10-21-48(56)49-22-11-13-26-57(49)63/h1-38,54H,(H,61,62). The third-order valence-corrected chi connectivity index (χ3v) is 12.5. The van der Waals surface area contributed by atoms with Crippen molar-refractivity contribution in [1.29, 1.82) is 0 Å². The second-order valence-electron chi connectivity index (χ2n) is 16.2. The maximum Gasteiger partial charge on any atom is 0.133 e. The van der Waals surface area contributed by atoms with Crippen molar-refractivity contribution in [3.63, 3.8) is 0 Å². The predicted octanol–water partition coefficient (Wildman–Crippen LogP) is 14.6. The maximum absolute atomic E-state index is 5.30. The Morgan fingerprint density at radius 3 is 1.67 bits per heavy atom. The molecule has 0 fully saturated rings. The van der Waals surface area contributed by atoms with Gasteiger partial charge in [-0.3, -0.25) is 4.99 Å². The van der Waals surface area contributed by atoms with E-state index in [0.717, 1.165) is 61.6 Å². The van der Waals surface area contributed by atoms with Crippen LogP contribution in [-0.2, 0) is 0 Å². The molecule has 0 amide bonds. The maximum atomic E-state index is 5.30. The van der Waals surface area contributed by atoms with E-state index >= 15 is 0 Å². The minimum atomic E-state index is -0.183. The molecular formula is C59H40N4. The summed E-state index contributed by atoms with van der Waals surface area (Å²) in [6, 6.07) is 79.8. The van der Waals surface area contributed by atoms with E-state index in [1.165, 1.54) is 49.3 Å². The van der Waals surface area contributed by atoms with Crippen molar-refractivity contribution in [2.24, 2.45) is 4.99 Å². The van der Waals surface area contributed by atoms with Crippen molar-refractivity contribution < 1.29 is 0 Å². The Labute approximate surface area is 365 Å². The first-order chi connectivity index (χ1) is 31.2. The zero-order valence-corrected chi connectivity index (χ0v) is 34.4. The van der Waals surface area contributed by atoms with Crippen LogP contribution in [0, 0.1) is 0 Å². The van der Waals surface area contributed by atoms with Gasteiger partial charge in [-0.1, -0.05) is 188 Å². The first-order valence-electron chi connectivity index (χ1n) is 21.5. The minimum absolute atomic E-state index is 0.183. The summed E-state index contributed by atoms with van der Waals surface area (Å²) in [5, 5.41) is 9.76. The van der Waals surface area contributed by atoms with Gasteiger partial charge in [0.25, 0.3) is 0 Å². The van der Waals surface area contributed by atoms with Crippen LogP contribution in [0.2, 0.25) is 0 Å². The smallest absolute Gasteiger partial charge is 0.133 e. The van der Waals surface area contributed by atoms with Crippen molar-refractivity contribution in [2.75, 3.05) is 0 Å². The lowest BCUT2D eigenvalue weighted by Gasteiger charge is -2.23. The van der Waals surface area contributed by atoms with Gasteiger partial charge in [0.15, 0.2) is 0 Å². The van der Waals surface area contributed by atoms with Crippen LogP contribution in [0.4, 0.5) is 0 Å². The molecule has 1 aliphatic rings. The molecule has 63 heavy (non-hydrogen) atoms. The average Bonchev–Trinajstić information content (AvgIpc) is 3.71. The fraction of sp³-hybridized carbons (Fsp3) is 0.0169. The molecule has 4 nitrogen and oxygen atoms in total. The number of amidine groups is 1. The second-order valence-corrected chi connectivity index (χ2v) is 16.2. The van der Waals surface area contributed by atoms with Gasteiger partial charge >= 0.3 is 0 Å². The Balaban J connectivity index is 0.919. The molecule has 0 spiro atoms. The van der Waals surface area contributed by atoms with Crippen LogP contribution in [-0.4, -0.2) is 15.4 Å². The molecule has 0 saturated carbocycles.